The Morgan fingerprint density at radius 3 is 2.00 bits per heavy atom. The van der Waals surface area contributed by atoms with Crippen molar-refractivity contribution in [3.05, 3.63) is 52.1 Å². The van der Waals surface area contributed by atoms with Crippen molar-refractivity contribution in [3.8, 4) is 17.2 Å². The normalized spacial score (nSPS) is 34.0. The van der Waals surface area contributed by atoms with Crippen molar-refractivity contribution in [2.24, 2.45) is 0 Å². The third-order valence-electron chi connectivity index (χ3n) is 7.70. The molecule has 2 fully saturated rings. The molecule has 1 unspecified atom stereocenters. The summed E-state index contributed by atoms with van der Waals surface area (Å²) in [5.74, 6) is -1.96. The Labute approximate surface area is 244 Å². The fraction of sp³-hybridized carbons (Fsp3) is 0.500. The van der Waals surface area contributed by atoms with E-state index in [1.165, 1.54) is 31.4 Å². The minimum atomic E-state index is -1.88. The van der Waals surface area contributed by atoms with Gasteiger partial charge in [-0.3, -0.25) is 9.59 Å². The van der Waals surface area contributed by atoms with Crippen LogP contribution in [0.1, 0.15) is 37.4 Å². The molecule has 0 spiro atoms. The third kappa shape index (κ3) is 5.49. The van der Waals surface area contributed by atoms with Crippen LogP contribution in [0, 0.1) is 6.92 Å². The summed E-state index contributed by atoms with van der Waals surface area (Å²) in [6, 6.07) is 5.35. The predicted molar refractivity (Wildman–Crippen MR) is 140 cm³/mol. The first-order valence-electron chi connectivity index (χ1n) is 13.3. The summed E-state index contributed by atoms with van der Waals surface area (Å²) in [6.45, 7) is 0.330. The number of aromatic hydroxyl groups is 1. The van der Waals surface area contributed by atoms with Gasteiger partial charge in [-0.15, -0.1) is 0 Å². The van der Waals surface area contributed by atoms with Gasteiger partial charge in [0.05, 0.1) is 31.5 Å². The number of aryl methyl sites for hydroxylation is 1. The Hall–Kier alpha value is -3.22. The number of rotatable bonds is 7. The average molecular weight is 609 g/mol. The van der Waals surface area contributed by atoms with E-state index in [1.807, 2.05) is 0 Å². The number of benzene rings is 2. The summed E-state index contributed by atoms with van der Waals surface area (Å²) in [5.41, 5.74) is -0.0896. The number of aliphatic hydroxyl groups is 7. The van der Waals surface area contributed by atoms with Crippen LogP contribution in [0.15, 0.2) is 24.3 Å². The lowest BCUT2D eigenvalue weighted by Crippen LogP contribution is -2.62. The summed E-state index contributed by atoms with van der Waals surface area (Å²) in [5, 5.41) is 81.8. The van der Waals surface area contributed by atoms with Crippen molar-refractivity contribution in [2.75, 3.05) is 20.3 Å². The van der Waals surface area contributed by atoms with Gasteiger partial charge in [0.15, 0.2) is 12.1 Å². The van der Waals surface area contributed by atoms with Crippen molar-refractivity contribution in [1.29, 1.82) is 0 Å². The standard InChI is InChI=1S/C28H32O15/c1-9-3-11-17(13(30)4-9)22(34)18-12(19(11)31)5-10(39-2)6-14(18)41-28-26(38)24(36)21(33)16(43-28)8-40-27-25(37)23(35)20(32)15(7-29)42-27/h3-6,15-16,20-21,23-30,32-33,35-38H,7-8H2,1-2H3/t15-,16-,20-,21?,23+,24+,25-,26-,27-,28-/m1/s1. The number of methoxy groups -OCH3 is 1. The molecule has 43 heavy (non-hydrogen) atoms. The van der Waals surface area contributed by atoms with E-state index in [0.29, 0.717) is 5.56 Å². The number of hydrogen-bond acceptors (Lipinski definition) is 15. The van der Waals surface area contributed by atoms with Crippen LogP contribution in [-0.4, -0.2) is 134 Å². The van der Waals surface area contributed by atoms with E-state index in [2.05, 4.69) is 0 Å². The molecular formula is C28H32O15. The Morgan fingerprint density at radius 1 is 0.744 bits per heavy atom. The number of carbonyl (C=O) groups excluding carboxylic acids is 2. The number of carbonyl (C=O) groups is 2. The van der Waals surface area contributed by atoms with Crippen LogP contribution in [0.2, 0.25) is 0 Å². The van der Waals surface area contributed by atoms with Crippen molar-refractivity contribution in [1.82, 2.24) is 0 Å². The number of ether oxygens (including phenoxy) is 5. The maximum atomic E-state index is 13.6. The zero-order valence-electron chi connectivity index (χ0n) is 22.9. The summed E-state index contributed by atoms with van der Waals surface area (Å²) in [6.07, 6.45) is -16.7. The third-order valence-corrected chi connectivity index (χ3v) is 7.70. The first-order chi connectivity index (χ1) is 20.4. The van der Waals surface area contributed by atoms with E-state index in [1.54, 1.807) is 6.92 Å². The SMILES string of the molecule is COc1cc(O[C@@H]2O[C@H](CO[C@@H]3O[C@H](CO)[C@@H](O)[C@H](O)[C@H]3O)C(O)[C@H](O)[C@H]2O)c2c(c1)C(=O)c1cc(C)cc(O)c1C2=O. The predicted octanol–water partition coefficient (Wildman–Crippen LogP) is -2.51. The van der Waals surface area contributed by atoms with Crippen LogP contribution >= 0.6 is 0 Å². The highest BCUT2D eigenvalue weighted by Crippen LogP contribution is 2.41. The van der Waals surface area contributed by atoms with Gasteiger partial charge >= 0.3 is 0 Å². The Morgan fingerprint density at radius 2 is 1.35 bits per heavy atom. The molecule has 0 saturated carbocycles. The fourth-order valence-corrected chi connectivity index (χ4v) is 5.34. The maximum absolute atomic E-state index is 13.6. The van der Waals surface area contributed by atoms with Crippen molar-refractivity contribution < 1.29 is 74.1 Å². The number of aliphatic hydroxyl groups excluding tert-OH is 7. The van der Waals surface area contributed by atoms with Crippen molar-refractivity contribution in [2.45, 2.75) is 68.3 Å². The molecule has 0 radical (unpaired) electrons. The molecule has 0 amide bonds. The van der Waals surface area contributed by atoms with Gasteiger partial charge in [-0.25, -0.2) is 0 Å². The molecule has 15 heteroatoms. The van der Waals surface area contributed by atoms with E-state index >= 15 is 0 Å². The molecule has 0 aromatic heterocycles. The van der Waals surface area contributed by atoms with E-state index in [-0.39, 0.29) is 33.8 Å². The highest BCUT2D eigenvalue weighted by atomic mass is 16.7. The molecule has 2 aliphatic heterocycles. The van der Waals surface area contributed by atoms with E-state index in [9.17, 15) is 50.4 Å². The summed E-state index contributed by atoms with van der Waals surface area (Å²) < 4.78 is 27.4. The number of ketones is 2. The smallest absolute Gasteiger partial charge is 0.229 e. The molecule has 2 aromatic rings. The van der Waals surface area contributed by atoms with Crippen LogP contribution < -0.4 is 9.47 Å². The van der Waals surface area contributed by atoms with Gasteiger partial charge in [0.25, 0.3) is 0 Å². The Balaban J connectivity index is 1.41. The molecule has 2 saturated heterocycles. The summed E-state index contributed by atoms with van der Waals surface area (Å²) >= 11 is 0. The minimum absolute atomic E-state index is 0.0212. The minimum Gasteiger partial charge on any atom is -0.507 e. The van der Waals surface area contributed by atoms with Gasteiger partial charge < -0.3 is 64.5 Å². The zero-order chi connectivity index (χ0) is 31.3. The second-order valence-corrected chi connectivity index (χ2v) is 10.6. The fourth-order valence-electron chi connectivity index (χ4n) is 5.34. The van der Waals surface area contributed by atoms with Gasteiger partial charge in [-0.1, -0.05) is 0 Å². The highest BCUT2D eigenvalue weighted by Gasteiger charge is 2.48. The lowest BCUT2D eigenvalue weighted by Gasteiger charge is -2.42. The van der Waals surface area contributed by atoms with Crippen LogP contribution in [-0.2, 0) is 14.2 Å². The molecule has 1 aliphatic carbocycles. The van der Waals surface area contributed by atoms with Gasteiger partial charge in [-0.2, -0.15) is 0 Å². The van der Waals surface area contributed by atoms with Crippen molar-refractivity contribution >= 4 is 11.6 Å². The number of fused-ring (bicyclic) bond motifs is 2. The highest BCUT2D eigenvalue weighted by molar-refractivity contribution is 6.30. The molecule has 10 atom stereocenters. The van der Waals surface area contributed by atoms with Crippen LogP contribution in [0.25, 0.3) is 0 Å². The molecule has 5 rings (SSSR count). The van der Waals surface area contributed by atoms with Crippen LogP contribution in [0.3, 0.4) is 0 Å². The molecular weight excluding hydrogens is 576 g/mol. The maximum Gasteiger partial charge on any atom is 0.229 e. The molecule has 2 heterocycles. The van der Waals surface area contributed by atoms with Gasteiger partial charge in [-0.05, 0) is 30.7 Å². The summed E-state index contributed by atoms with van der Waals surface area (Å²) in [7, 11) is 1.31. The van der Waals surface area contributed by atoms with E-state index in [0.717, 1.165) is 0 Å². The first kappa shape index (κ1) is 31.2. The monoisotopic (exact) mass is 608 g/mol. The Bertz CT molecular complexity index is 1390. The second-order valence-electron chi connectivity index (χ2n) is 10.6. The number of hydrogen-bond donors (Lipinski definition) is 8. The summed E-state index contributed by atoms with van der Waals surface area (Å²) in [4.78, 5) is 27.0. The van der Waals surface area contributed by atoms with Gasteiger partial charge in [0.2, 0.25) is 12.1 Å². The number of phenolic OH excluding ortho intramolecular Hbond substituents is 1. The van der Waals surface area contributed by atoms with Crippen LogP contribution in [0.5, 0.6) is 17.2 Å². The Kier molecular flexibility index (Phi) is 8.75. The molecule has 3 aliphatic rings. The van der Waals surface area contributed by atoms with Gasteiger partial charge in [0.1, 0.15) is 66.1 Å². The first-order valence-corrected chi connectivity index (χ1v) is 13.3. The quantitative estimate of drug-likeness (QED) is 0.138. The average Bonchev–Trinajstić information content (AvgIpc) is 2.98. The van der Waals surface area contributed by atoms with Crippen LogP contribution in [0.4, 0.5) is 0 Å². The lowest BCUT2D eigenvalue weighted by atomic mass is 9.82. The zero-order valence-corrected chi connectivity index (χ0v) is 22.9. The van der Waals surface area contributed by atoms with Gasteiger partial charge in [0, 0.05) is 17.2 Å². The second kappa shape index (κ2) is 12.0. The number of phenols is 1. The molecule has 234 valence electrons. The largest absolute Gasteiger partial charge is 0.507 e. The molecule has 8 N–H and O–H groups in total. The topological polar surface area (TPSA) is 242 Å². The van der Waals surface area contributed by atoms with E-state index < -0.39 is 91.9 Å². The molecule has 15 nitrogen and oxygen atoms in total. The van der Waals surface area contributed by atoms with E-state index in [4.69, 9.17) is 23.7 Å². The van der Waals surface area contributed by atoms with Crippen molar-refractivity contribution in [3.63, 3.8) is 0 Å². The molecule has 0 bridgehead atoms. The lowest BCUT2D eigenvalue weighted by molar-refractivity contribution is -0.323. The molecule has 2 aromatic carbocycles.